The highest BCUT2D eigenvalue weighted by molar-refractivity contribution is 4.95. The van der Waals surface area contributed by atoms with Crippen LogP contribution in [0, 0.1) is 5.92 Å². The van der Waals surface area contributed by atoms with Crippen LogP contribution in [0.1, 0.15) is 25.7 Å². The molecule has 0 bridgehead atoms. The summed E-state index contributed by atoms with van der Waals surface area (Å²) in [4.78, 5) is 4.77. The van der Waals surface area contributed by atoms with Crippen molar-refractivity contribution in [1.82, 2.24) is 15.1 Å². The monoisotopic (exact) mass is 291 g/mol. The molecule has 1 N–H and O–H groups in total. The Morgan fingerprint density at radius 3 is 2.25 bits per heavy atom. The molecule has 2 saturated heterocycles. The van der Waals surface area contributed by atoms with Crippen LogP contribution in [0.3, 0.4) is 0 Å². The van der Waals surface area contributed by atoms with Gasteiger partial charge in [-0.05, 0) is 19.3 Å². The maximum absolute atomic E-state index is 12.8. The van der Waals surface area contributed by atoms with Crippen LogP contribution in [-0.4, -0.2) is 67.3 Å². The van der Waals surface area contributed by atoms with Crippen molar-refractivity contribution >= 4 is 0 Å². The lowest BCUT2D eigenvalue weighted by molar-refractivity contribution is -0.189. The minimum Gasteiger partial charge on any atom is -0.314 e. The van der Waals surface area contributed by atoms with Gasteiger partial charge >= 0.3 is 6.18 Å². The number of hydrogen-bond acceptors (Lipinski definition) is 3. The summed E-state index contributed by atoms with van der Waals surface area (Å²) in [5, 5.41) is 3.33. The van der Waals surface area contributed by atoms with E-state index in [0.29, 0.717) is 18.9 Å². The van der Waals surface area contributed by atoms with Crippen molar-refractivity contribution in [2.24, 2.45) is 5.92 Å². The average Bonchev–Trinajstić information content (AvgIpc) is 2.38. The third-order valence-electron chi connectivity index (χ3n) is 5.18. The van der Waals surface area contributed by atoms with Crippen LogP contribution in [0.5, 0.6) is 0 Å². The molecule has 6 heteroatoms. The molecule has 3 fully saturated rings. The maximum atomic E-state index is 12.8. The van der Waals surface area contributed by atoms with Gasteiger partial charge in [0.15, 0.2) is 0 Å². The number of halogens is 3. The highest BCUT2D eigenvalue weighted by Crippen LogP contribution is 2.40. The van der Waals surface area contributed by atoms with Crippen molar-refractivity contribution in [2.45, 2.75) is 43.9 Å². The fourth-order valence-corrected chi connectivity index (χ4v) is 3.86. The van der Waals surface area contributed by atoms with E-state index in [9.17, 15) is 13.2 Å². The molecule has 0 aromatic heterocycles. The summed E-state index contributed by atoms with van der Waals surface area (Å²) < 4.78 is 38.5. The molecule has 3 aliphatic rings. The fraction of sp³-hybridized carbons (Fsp3) is 1.00. The molecular weight excluding hydrogens is 267 g/mol. The van der Waals surface area contributed by atoms with Gasteiger partial charge in [-0.3, -0.25) is 9.80 Å². The van der Waals surface area contributed by atoms with Gasteiger partial charge in [0.25, 0.3) is 0 Å². The van der Waals surface area contributed by atoms with E-state index in [0.717, 1.165) is 52.1 Å². The second-order valence-electron chi connectivity index (χ2n) is 6.45. The zero-order valence-corrected chi connectivity index (χ0v) is 11.8. The van der Waals surface area contributed by atoms with Crippen molar-refractivity contribution in [1.29, 1.82) is 0 Å². The summed E-state index contributed by atoms with van der Waals surface area (Å²) in [7, 11) is 0. The third-order valence-corrected chi connectivity index (χ3v) is 5.18. The van der Waals surface area contributed by atoms with E-state index in [1.807, 2.05) is 0 Å². The normalized spacial score (nSPS) is 35.0. The molecule has 20 heavy (non-hydrogen) atoms. The van der Waals surface area contributed by atoms with E-state index in [-0.39, 0.29) is 6.04 Å². The zero-order valence-electron chi connectivity index (χ0n) is 11.8. The van der Waals surface area contributed by atoms with Crippen molar-refractivity contribution in [3.63, 3.8) is 0 Å². The Kier molecular flexibility index (Phi) is 4.24. The number of likely N-dealkylation sites (tertiary alicyclic amines) is 1. The molecule has 3 nitrogen and oxygen atoms in total. The van der Waals surface area contributed by atoms with Crippen molar-refractivity contribution in [3.8, 4) is 0 Å². The van der Waals surface area contributed by atoms with Crippen LogP contribution in [0.25, 0.3) is 0 Å². The number of nitrogens with zero attached hydrogens (tertiary/aromatic N) is 2. The molecule has 2 atom stereocenters. The van der Waals surface area contributed by atoms with Crippen LogP contribution in [0.2, 0.25) is 0 Å². The second-order valence-corrected chi connectivity index (χ2v) is 6.45. The first-order chi connectivity index (χ1) is 9.54. The fourth-order valence-electron chi connectivity index (χ4n) is 3.86. The van der Waals surface area contributed by atoms with Gasteiger partial charge < -0.3 is 5.32 Å². The average molecular weight is 291 g/mol. The molecule has 116 valence electrons. The number of nitrogens with one attached hydrogen (secondary N) is 1. The van der Waals surface area contributed by atoms with Crippen LogP contribution in [0.4, 0.5) is 13.2 Å². The van der Waals surface area contributed by atoms with Gasteiger partial charge in [0.05, 0.1) is 5.92 Å². The van der Waals surface area contributed by atoms with Gasteiger partial charge in [-0.2, -0.15) is 13.2 Å². The van der Waals surface area contributed by atoms with Crippen molar-refractivity contribution < 1.29 is 13.2 Å². The summed E-state index contributed by atoms with van der Waals surface area (Å²) in [6.07, 6.45) is -1.68. The highest BCUT2D eigenvalue weighted by atomic mass is 19.4. The molecule has 1 aliphatic carbocycles. The standard InChI is InChI=1S/C14H24F3N3/c15-14(16,17)11-2-1-3-12(8-11)20-9-13(10-20)19-6-4-18-5-7-19/h11-13,18H,1-10H2. The van der Waals surface area contributed by atoms with Gasteiger partial charge in [-0.15, -0.1) is 0 Å². The number of alkyl halides is 3. The molecule has 1 saturated carbocycles. The molecule has 0 radical (unpaired) electrons. The lowest BCUT2D eigenvalue weighted by atomic mass is 9.83. The Bertz CT molecular complexity index is 322. The number of rotatable bonds is 2. The van der Waals surface area contributed by atoms with E-state index in [4.69, 9.17) is 0 Å². The van der Waals surface area contributed by atoms with E-state index in [1.165, 1.54) is 0 Å². The third kappa shape index (κ3) is 3.12. The lowest BCUT2D eigenvalue weighted by Gasteiger charge is -2.51. The van der Waals surface area contributed by atoms with Gasteiger partial charge in [0, 0.05) is 51.4 Å². The van der Waals surface area contributed by atoms with Crippen LogP contribution < -0.4 is 5.32 Å². The summed E-state index contributed by atoms with van der Waals surface area (Å²) >= 11 is 0. The molecule has 2 unspecified atom stereocenters. The van der Waals surface area contributed by atoms with Gasteiger partial charge in [0.2, 0.25) is 0 Å². The van der Waals surface area contributed by atoms with Crippen LogP contribution in [-0.2, 0) is 0 Å². The quantitative estimate of drug-likeness (QED) is 0.835. The molecule has 0 aromatic rings. The first-order valence-corrected chi connectivity index (χ1v) is 7.79. The number of piperazine rings is 1. The summed E-state index contributed by atoms with van der Waals surface area (Å²) in [5.74, 6) is -1.07. The van der Waals surface area contributed by atoms with Crippen LogP contribution in [0.15, 0.2) is 0 Å². The largest absolute Gasteiger partial charge is 0.391 e. The van der Waals surface area contributed by atoms with E-state index < -0.39 is 12.1 Å². The Balaban J connectivity index is 1.47. The van der Waals surface area contributed by atoms with Crippen molar-refractivity contribution in [3.05, 3.63) is 0 Å². The minimum atomic E-state index is -4.00. The first kappa shape index (κ1) is 14.6. The predicted octanol–water partition coefficient (Wildman–Crippen LogP) is 1.70. The number of hydrogen-bond donors (Lipinski definition) is 1. The molecule has 2 aliphatic heterocycles. The Hall–Kier alpha value is -0.330. The lowest BCUT2D eigenvalue weighted by Crippen LogP contribution is -2.65. The van der Waals surface area contributed by atoms with Gasteiger partial charge in [-0.1, -0.05) is 6.42 Å². The molecule has 0 aromatic carbocycles. The molecule has 2 heterocycles. The van der Waals surface area contributed by atoms with Crippen LogP contribution >= 0.6 is 0 Å². The molecule has 0 spiro atoms. The topological polar surface area (TPSA) is 18.5 Å². The zero-order chi connectivity index (χ0) is 14.2. The first-order valence-electron chi connectivity index (χ1n) is 7.79. The maximum Gasteiger partial charge on any atom is 0.391 e. The summed E-state index contributed by atoms with van der Waals surface area (Å²) in [6.45, 7) is 6.17. The Labute approximate surface area is 118 Å². The molecular formula is C14H24F3N3. The molecule has 0 amide bonds. The predicted molar refractivity (Wildman–Crippen MR) is 71.6 cm³/mol. The van der Waals surface area contributed by atoms with Gasteiger partial charge in [0.1, 0.15) is 0 Å². The SMILES string of the molecule is FC(F)(F)C1CCCC(N2CC(N3CCNCC3)C2)C1. The van der Waals surface area contributed by atoms with Gasteiger partial charge in [-0.25, -0.2) is 0 Å². The van der Waals surface area contributed by atoms with Crippen molar-refractivity contribution in [2.75, 3.05) is 39.3 Å². The minimum absolute atomic E-state index is 0.162. The smallest absolute Gasteiger partial charge is 0.314 e. The second kappa shape index (κ2) is 5.81. The Morgan fingerprint density at radius 2 is 1.60 bits per heavy atom. The van der Waals surface area contributed by atoms with E-state index >= 15 is 0 Å². The summed E-state index contributed by atoms with van der Waals surface area (Å²) in [6, 6.07) is 0.734. The highest BCUT2D eigenvalue weighted by Gasteiger charge is 2.45. The summed E-state index contributed by atoms with van der Waals surface area (Å²) in [5.41, 5.74) is 0. The van der Waals surface area contributed by atoms with E-state index in [1.54, 1.807) is 0 Å². The van der Waals surface area contributed by atoms with E-state index in [2.05, 4.69) is 15.1 Å². The molecule has 3 rings (SSSR count). The Morgan fingerprint density at radius 1 is 0.900 bits per heavy atom.